The zero-order valence-electron chi connectivity index (χ0n) is 18.0. The monoisotopic (exact) mass is 437 g/mol. The molecule has 164 valence electrons. The summed E-state index contributed by atoms with van der Waals surface area (Å²) in [5, 5.41) is 11.5. The molecule has 3 aromatic carbocycles. The first-order valence-electron chi connectivity index (χ1n) is 11.3. The van der Waals surface area contributed by atoms with E-state index in [0.717, 1.165) is 41.0 Å². The van der Waals surface area contributed by atoms with Gasteiger partial charge in [0.15, 0.2) is 0 Å². The van der Waals surface area contributed by atoms with Gasteiger partial charge in [0.1, 0.15) is 17.6 Å². The van der Waals surface area contributed by atoms with E-state index in [1.54, 1.807) is 0 Å². The number of fused-ring (bicyclic) bond motifs is 3. The maximum absolute atomic E-state index is 11.1. The molecule has 0 saturated carbocycles. The van der Waals surface area contributed by atoms with Gasteiger partial charge in [-0.3, -0.25) is 9.78 Å². The standard InChI is InChI=1S/C28H23NO4/c30-27(31)14-18-16-32-26-15-19(8-9-20(18)26)33-25-11-10-22-23(25)6-3-7-24(22)28-21-5-2-1-4-17(21)12-13-29-28/h1-9,12-13,15,18,25H,10-11,14,16H2,(H,30,31). The van der Waals surface area contributed by atoms with Crippen LogP contribution in [-0.2, 0) is 11.2 Å². The number of carboxylic acid groups (broad SMARTS) is 1. The molecule has 0 radical (unpaired) electrons. The largest absolute Gasteiger partial charge is 0.492 e. The van der Waals surface area contributed by atoms with Crippen molar-refractivity contribution in [3.63, 3.8) is 0 Å². The van der Waals surface area contributed by atoms with Crippen molar-refractivity contribution >= 4 is 16.7 Å². The molecule has 2 aliphatic rings. The molecule has 0 spiro atoms. The molecule has 5 heteroatoms. The summed E-state index contributed by atoms with van der Waals surface area (Å²) in [7, 11) is 0. The van der Waals surface area contributed by atoms with Crippen LogP contribution >= 0.6 is 0 Å². The van der Waals surface area contributed by atoms with Crippen LogP contribution in [-0.4, -0.2) is 22.7 Å². The molecule has 0 fully saturated rings. The molecule has 1 aliphatic heterocycles. The van der Waals surface area contributed by atoms with Crippen LogP contribution in [0.15, 0.2) is 72.9 Å². The van der Waals surface area contributed by atoms with Crippen molar-refractivity contribution in [1.29, 1.82) is 0 Å². The van der Waals surface area contributed by atoms with Gasteiger partial charge in [0, 0.05) is 34.7 Å². The number of nitrogens with zero attached hydrogens (tertiary/aromatic N) is 1. The highest BCUT2D eigenvalue weighted by molar-refractivity contribution is 5.95. The zero-order chi connectivity index (χ0) is 22.4. The van der Waals surface area contributed by atoms with Crippen LogP contribution in [0.1, 0.15) is 41.6 Å². The molecular formula is C28H23NO4. The Bertz CT molecular complexity index is 1370. The smallest absolute Gasteiger partial charge is 0.304 e. The van der Waals surface area contributed by atoms with Gasteiger partial charge in [0.05, 0.1) is 18.7 Å². The average molecular weight is 437 g/mol. The summed E-state index contributed by atoms with van der Waals surface area (Å²) in [5.74, 6) is 0.562. The lowest BCUT2D eigenvalue weighted by Crippen LogP contribution is -2.07. The second-order valence-corrected chi connectivity index (χ2v) is 8.70. The van der Waals surface area contributed by atoms with Crippen molar-refractivity contribution in [2.24, 2.45) is 0 Å². The molecule has 5 nitrogen and oxygen atoms in total. The first-order chi connectivity index (χ1) is 16.2. The Labute approximate surface area is 191 Å². The second-order valence-electron chi connectivity index (χ2n) is 8.70. The number of carboxylic acids is 1. The summed E-state index contributed by atoms with van der Waals surface area (Å²) >= 11 is 0. The lowest BCUT2D eigenvalue weighted by molar-refractivity contribution is -0.137. The summed E-state index contributed by atoms with van der Waals surface area (Å²) in [6.07, 6.45) is 3.75. The highest BCUT2D eigenvalue weighted by atomic mass is 16.5. The van der Waals surface area contributed by atoms with E-state index in [1.165, 1.54) is 22.1 Å². The average Bonchev–Trinajstić information content (AvgIpc) is 3.42. The van der Waals surface area contributed by atoms with Crippen molar-refractivity contribution in [2.75, 3.05) is 6.61 Å². The zero-order valence-corrected chi connectivity index (χ0v) is 18.0. The van der Waals surface area contributed by atoms with Crippen molar-refractivity contribution in [3.05, 3.63) is 89.6 Å². The van der Waals surface area contributed by atoms with Crippen LogP contribution in [0, 0.1) is 0 Å². The molecule has 6 rings (SSSR count). The fourth-order valence-electron chi connectivity index (χ4n) is 5.17. The van der Waals surface area contributed by atoms with Crippen LogP contribution in [0.3, 0.4) is 0 Å². The van der Waals surface area contributed by atoms with Crippen LogP contribution in [0.4, 0.5) is 0 Å². The first kappa shape index (κ1) is 19.8. The Morgan fingerprint density at radius 2 is 1.97 bits per heavy atom. The third kappa shape index (κ3) is 3.50. The van der Waals surface area contributed by atoms with Gasteiger partial charge in [-0.2, -0.15) is 0 Å². The van der Waals surface area contributed by atoms with Gasteiger partial charge in [-0.15, -0.1) is 0 Å². The number of rotatable bonds is 5. The van der Waals surface area contributed by atoms with Gasteiger partial charge in [-0.1, -0.05) is 48.5 Å². The molecule has 2 atom stereocenters. The molecule has 4 aromatic rings. The van der Waals surface area contributed by atoms with E-state index >= 15 is 0 Å². The topological polar surface area (TPSA) is 68.7 Å². The van der Waals surface area contributed by atoms with Gasteiger partial charge in [0.25, 0.3) is 0 Å². The van der Waals surface area contributed by atoms with Crippen LogP contribution in [0.25, 0.3) is 22.0 Å². The Morgan fingerprint density at radius 1 is 1.06 bits per heavy atom. The minimum absolute atomic E-state index is 0.0378. The Balaban J connectivity index is 1.30. The third-order valence-electron chi connectivity index (χ3n) is 6.71. The number of aromatic nitrogens is 1. The summed E-state index contributed by atoms with van der Waals surface area (Å²) in [5.41, 5.74) is 5.63. The molecule has 2 unspecified atom stereocenters. The van der Waals surface area contributed by atoms with Gasteiger partial charge >= 0.3 is 5.97 Å². The maximum Gasteiger partial charge on any atom is 0.304 e. The Kier molecular flexibility index (Phi) is 4.75. The number of carbonyl (C=O) groups is 1. The van der Waals surface area contributed by atoms with E-state index in [2.05, 4.69) is 42.5 Å². The minimum atomic E-state index is -0.809. The van der Waals surface area contributed by atoms with Crippen molar-refractivity contribution in [2.45, 2.75) is 31.3 Å². The van der Waals surface area contributed by atoms with E-state index in [9.17, 15) is 4.79 Å². The van der Waals surface area contributed by atoms with Crippen molar-refractivity contribution < 1.29 is 19.4 Å². The van der Waals surface area contributed by atoms with E-state index in [-0.39, 0.29) is 18.4 Å². The van der Waals surface area contributed by atoms with Crippen molar-refractivity contribution in [1.82, 2.24) is 4.98 Å². The molecule has 0 saturated heterocycles. The molecule has 1 aliphatic carbocycles. The molecule has 33 heavy (non-hydrogen) atoms. The fraction of sp³-hybridized carbons (Fsp3) is 0.214. The van der Waals surface area contributed by atoms with Crippen LogP contribution in [0.2, 0.25) is 0 Å². The predicted molar refractivity (Wildman–Crippen MR) is 126 cm³/mol. The van der Waals surface area contributed by atoms with E-state index in [4.69, 9.17) is 19.6 Å². The maximum atomic E-state index is 11.1. The summed E-state index contributed by atoms with van der Waals surface area (Å²) in [6.45, 7) is 0.402. The highest BCUT2D eigenvalue weighted by Crippen LogP contribution is 2.43. The van der Waals surface area contributed by atoms with Gasteiger partial charge < -0.3 is 14.6 Å². The van der Waals surface area contributed by atoms with Gasteiger partial charge in [-0.25, -0.2) is 0 Å². The SMILES string of the molecule is O=C(O)CC1COc2cc(OC3CCc4c(-c5nccc6ccccc56)cccc43)ccc21. The minimum Gasteiger partial charge on any atom is -0.492 e. The van der Waals surface area contributed by atoms with Crippen molar-refractivity contribution in [3.8, 4) is 22.8 Å². The van der Waals surface area contributed by atoms with Gasteiger partial charge in [0.2, 0.25) is 0 Å². The number of hydrogen-bond acceptors (Lipinski definition) is 4. The number of aliphatic carboxylic acids is 1. The van der Waals surface area contributed by atoms with Crippen LogP contribution < -0.4 is 9.47 Å². The summed E-state index contributed by atoms with van der Waals surface area (Å²) < 4.78 is 12.2. The number of pyridine rings is 1. The molecule has 1 aromatic heterocycles. The van der Waals surface area contributed by atoms with Crippen LogP contribution in [0.5, 0.6) is 11.5 Å². The predicted octanol–water partition coefficient (Wildman–Crippen LogP) is 5.92. The van der Waals surface area contributed by atoms with E-state index in [1.807, 2.05) is 30.5 Å². The number of ether oxygens (including phenoxy) is 2. The molecule has 2 heterocycles. The highest BCUT2D eigenvalue weighted by Gasteiger charge is 2.29. The number of benzene rings is 3. The quantitative estimate of drug-likeness (QED) is 0.420. The lowest BCUT2D eigenvalue weighted by atomic mass is 9.97. The summed E-state index contributed by atoms with van der Waals surface area (Å²) in [6, 6.07) is 22.5. The van der Waals surface area contributed by atoms with E-state index in [0.29, 0.717) is 6.61 Å². The molecule has 0 bridgehead atoms. The number of hydrogen-bond donors (Lipinski definition) is 1. The molecule has 0 amide bonds. The third-order valence-corrected chi connectivity index (χ3v) is 6.71. The van der Waals surface area contributed by atoms with E-state index < -0.39 is 5.97 Å². The molecule has 1 N–H and O–H groups in total. The Hall–Kier alpha value is -3.86. The lowest BCUT2D eigenvalue weighted by Gasteiger charge is -2.17. The van der Waals surface area contributed by atoms with Gasteiger partial charge in [-0.05, 0) is 41.5 Å². The second kappa shape index (κ2) is 7.93. The fourth-order valence-corrected chi connectivity index (χ4v) is 5.17. The normalized spacial score (nSPS) is 18.5. The molecular weight excluding hydrogens is 414 g/mol. The summed E-state index contributed by atoms with van der Waals surface area (Å²) in [4.78, 5) is 15.8. The Morgan fingerprint density at radius 3 is 2.88 bits per heavy atom. The first-order valence-corrected chi connectivity index (χ1v) is 11.3.